The number of hydrogen-bond acceptors (Lipinski definition) is 6. The summed E-state index contributed by atoms with van der Waals surface area (Å²) in [4.78, 5) is 25.3. The second-order valence-electron chi connectivity index (χ2n) is 6.24. The van der Waals surface area contributed by atoms with E-state index in [0.717, 1.165) is 46.7 Å². The van der Waals surface area contributed by atoms with Gasteiger partial charge in [-0.1, -0.05) is 12.2 Å². The van der Waals surface area contributed by atoms with Crippen LogP contribution in [0.3, 0.4) is 0 Å². The minimum atomic E-state index is -0.914. The molecule has 8 nitrogen and oxygen atoms in total. The van der Waals surface area contributed by atoms with Gasteiger partial charge in [0.25, 0.3) is 0 Å². The Bertz CT molecular complexity index is 860. The molecule has 0 aromatic carbocycles. The van der Waals surface area contributed by atoms with Gasteiger partial charge in [-0.2, -0.15) is 4.37 Å². The summed E-state index contributed by atoms with van der Waals surface area (Å²) < 4.78 is 6.34. The van der Waals surface area contributed by atoms with E-state index in [-0.39, 0.29) is 6.04 Å². The Morgan fingerprint density at radius 3 is 2.72 bits per heavy atom. The molecular formula is C15H18N6O2S2. The normalized spacial score (nSPS) is 20.2. The molecule has 132 valence electrons. The minimum absolute atomic E-state index is 0.292. The number of anilines is 1. The van der Waals surface area contributed by atoms with Gasteiger partial charge in [0, 0.05) is 19.6 Å². The van der Waals surface area contributed by atoms with Crippen molar-refractivity contribution in [1.29, 1.82) is 0 Å². The second kappa shape index (κ2) is 6.03. The predicted octanol–water partition coefficient (Wildman–Crippen LogP) is 2.69. The van der Waals surface area contributed by atoms with E-state index in [1.807, 2.05) is 18.7 Å². The fourth-order valence-electron chi connectivity index (χ4n) is 3.52. The number of aryl methyl sites for hydroxylation is 1. The molecule has 2 aromatic rings. The van der Waals surface area contributed by atoms with Crippen LogP contribution in [0.25, 0.3) is 10.8 Å². The lowest BCUT2D eigenvalue weighted by Gasteiger charge is -2.34. The monoisotopic (exact) mass is 378 g/mol. The van der Waals surface area contributed by atoms with E-state index in [0.29, 0.717) is 18.9 Å². The van der Waals surface area contributed by atoms with Gasteiger partial charge in [0.15, 0.2) is 16.6 Å². The van der Waals surface area contributed by atoms with Crippen molar-refractivity contribution in [2.45, 2.75) is 39.3 Å². The Kier molecular flexibility index (Phi) is 3.95. The lowest BCUT2D eigenvalue weighted by molar-refractivity contribution is 0.115. The van der Waals surface area contributed by atoms with Crippen LogP contribution in [-0.4, -0.2) is 53.1 Å². The molecule has 1 unspecified atom stereocenters. The molecular weight excluding hydrogens is 360 g/mol. The molecule has 2 aliphatic heterocycles. The molecule has 1 amide bonds. The van der Waals surface area contributed by atoms with E-state index in [1.165, 1.54) is 16.4 Å². The number of hydrogen-bond donors (Lipinski definition) is 1. The molecule has 2 aromatic heterocycles. The third-order valence-corrected chi connectivity index (χ3v) is 5.94. The van der Waals surface area contributed by atoms with Gasteiger partial charge in [0.05, 0.1) is 16.7 Å². The first-order chi connectivity index (χ1) is 12.0. The average molecular weight is 378 g/mol. The zero-order chi connectivity index (χ0) is 17.7. The van der Waals surface area contributed by atoms with Gasteiger partial charge in [-0.15, -0.1) is 0 Å². The molecule has 0 radical (unpaired) electrons. The molecule has 4 heterocycles. The van der Waals surface area contributed by atoms with Gasteiger partial charge >= 0.3 is 6.09 Å². The molecule has 1 fully saturated rings. The van der Waals surface area contributed by atoms with E-state index in [9.17, 15) is 9.90 Å². The van der Waals surface area contributed by atoms with E-state index < -0.39 is 6.09 Å². The molecule has 0 aliphatic carbocycles. The number of carboxylic acid groups (broad SMARTS) is 1. The minimum Gasteiger partial charge on any atom is -0.465 e. The maximum absolute atomic E-state index is 11.6. The van der Waals surface area contributed by atoms with Crippen molar-refractivity contribution < 1.29 is 9.90 Å². The van der Waals surface area contributed by atoms with Crippen LogP contribution in [0.4, 0.5) is 10.6 Å². The maximum Gasteiger partial charge on any atom is 0.407 e. The van der Waals surface area contributed by atoms with Crippen LogP contribution in [0, 0.1) is 6.92 Å². The molecule has 0 saturated carbocycles. The van der Waals surface area contributed by atoms with Gasteiger partial charge < -0.3 is 14.6 Å². The zero-order valence-electron chi connectivity index (χ0n) is 14.0. The summed E-state index contributed by atoms with van der Waals surface area (Å²) in [7, 11) is 0. The molecule has 25 heavy (non-hydrogen) atoms. The third kappa shape index (κ3) is 2.60. The van der Waals surface area contributed by atoms with Gasteiger partial charge in [-0.25, -0.2) is 14.8 Å². The lowest BCUT2D eigenvalue weighted by Crippen LogP contribution is -2.41. The first-order valence-electron chi connectivity index (χ1n) is 8.18. The van der Waals surface area contributed by atoms with Crippen molar-refractivity contribution in [3.8, 4) is 10.8 Å². The Morgan fingerprint density at radius 2 is 2.12 bits per heavy atom. The van der Waals surface area contributed by atoms with Crippen molar-refractivity contribution >= 4 is 40.6 Å². The van der Waals surface area contributed by atoms with E-state index in [4.69, 9.17) is 17.2 Å². The molecule has 1 saturated heterocycles. The van der Waals surface area contributed by atoms with Gasteiger partial charge in [0.2, 0.25) is 0 Å². The molecule has 1 N–H and O–H groups in total. The Labute approximate surface area is 154 Å². The van der Waals surface area contributed by atoms with Crippen LogP contribution in [0.2, 0.25) is 0 Å². The van der Waals surface area contributed by atoms with Crippen LogP contribution in [0.1, 0.15) is 37.3 Å². The highest BCUT2D eigenvalue weighted by molar-refractivity contribution is 7.80. The van der Waals surface area contributed by atoms with Crippen LogP contribution in [-0.2, 0) is 6.54 Å². The number of fused-ring (bicyclic) bond motifs is 1. The summed E-state index contributed by atoms with van der Waals surface area (Å²) in [5, 5.41) is 10.3. The van der Waals surface area contributed by atoms with Crippen LogP contribution < -0.4 is 4.90 Å². The molecule has 0 bridgehead atoms. The highest BCUT2D eigenvalue weighted by Gasteiger charge is 2.37. The van der Waals surface area contributed by atoms with Crippen LogP contribution in [0.15, 0.2) is 0 Å². The number of carbonyl (C=O) groups is 1. The van der Waals surface area contributed by atoms with Crippen molar-refractivity contribution in [1.82, 2.24) is 23.8 Å². The molecule has 1 atom stereocenters. The number of amides is 1. The highest BCUT2D eigenvalue weighted by Crippen LogP contribution is 2.39. The van der Waals surface area contributed by atoms with Crippen molar-refractivity contribution in [2.24, 2.45) is 0 Å². The summed E-state index contributed by atoms with van der Waals surface area (Å²) >= 11 is 6.81. The first-order valence-corrected chi connectivity index (χ1v) is 9.36. The summed E-state index contributed by atoms with van der Waals surface area (Å²) in [6.07, 6.45) is 0.949. The standard InChI is InChI=1S/C15H18N6O2S2/c1-8-11-12(20-5-3-4-10(20)24)17-13(14-16-9(2)18-25-14)21(11)7-6-19(8)15(22)23/h8H,3-7H2,1-2H3,(H,22,23). The smallest absolute Gasteiger partial charge is 0.407 e. The summed E-state index contributed by atoms with van der Waals surface area (Å²) in [6, 6.07) is -0.292. The number of thiocarbonyl (C=S) groups is 1. The van der Waals surface area contributed by atoms with Crippen molar-refractivity contribution in [3.05, 3.63) is 11.5 Å². The molecule has 4 rings (SSSR count). The van der Waals surface area contributed by atoms with E-state index in [2.05, 4.69) is 13.9 Å². The zero-order valence-corrected chi connectivity index (χ0v) is 15.6. The quantitative estimate of drug-likeness (QED) is 0.804. The fraction of sp³-hybridized carbons (Fsp3) is 0.533. The summed E-state index contributed by atoms with van der Waals surface area (Å²) in [6.45, 7) is 5.54. The maximum atomic E-state index is 11.6. The first kappa shape index (κ1) is 16.4. The highest BCUT2D eigenvalue weighted by atomic mass is 32.1. The van der Waals surface area contributed by atoms with E-state index >= 15 is 0 Å². The number of rotatable bonds is 2. The average Bonchev–Trinajstić information content (AvgIpc) is 3.25. The lowest BCUT2D eigenvalue weighted by atomic mass is 10.1. The fourth-order valence-corrected chi connectivity index (χ4v) is 4.52. The second-order valence-corrected chi connectivity index (χ2v) is 7.47. The van der Waals surface area contributed by atoms with Gasteiger partial charge in [-0.3, -0.25) is 4.90 Å². The van der Waals surface area contributed by atoms with Crippen molar-refractivity contribution in [3.63, 3.8) is 0 Å². The Morgan fingerprint density at radius 1 is 1.32 bits per heavy atom. The van der Waals surface area contributed by atoms with Gasteiger partial charge in [0.1, 0.15) is 5.82 Å². The van der Waals surface area contributed by atoms with Crippen LogP contribution >= 0.6 is 23.8 Å². The SMILES string of the molecule is Cc1nsc(-c2nc(N3CCCC3=S)c3n2CCN(C(=O)O)C3C)n1. The summed E-state index contributed by atoms with van der Waals surface area (Å²) in [5.74, 6) is 2.23. The number of aromatic nitrogens is 4. The van der Waals surface area contributed by atoms with Crippen molar-refractivity contribution in [2.75, 3.05) is 18.0 Å². The third-order valence-electron chi connectivity index (χ3n) is 4.71. The topological polar surface area (TPSA) is 87.4 Å². The van der Waals surface area contributed by atoms with Crippen LogP contribution in [0.5, 0.6) is 0 Å². The predicted molar refractivity (Wildman–Crippen MR) is 98.2 cm³/mol. The summed E-state index contributed by atoms with van der Waals surface area (Å²) in [5.41, 5.74) is 0.890. The molecule has 10 heteroatoms. The largest absolute Gasteiger partial charge is 0.465 e. The number of imidazole rings is 1. The van der Waals surface area contributed by atoms with Gasteiger partial charge in [-0.05, 0) is 38.2 Å². The Hall–Kier alpha value is -2.07. The molecule has 0 spiro atoms. The van der Waals surface area contributed by atoms with E-state index in [1.54, 1.807) is 0 Å². The molecule has 2 aliphatic rings. The Balaban J connectivity index is 1.88. The number of nitrogens with zero attached hydrogens (tertiary/aromatic N) is 6.